The minimum absolute atomic E-state index is 0.282. The number of carbonyl (C=O) groups excluding carboxylic acids is 2. The minimum atomic E-state index is -0.636. The Hall–Kier alpha value is -2.63. The summed E-state index contributed by atoms with van der Waals surface area (Å²) in [6, 6.07) is 9.20. The van der Waals surface area contributed by atoms with Crippen LogP contribution in [0.4, 0.5) is 10.6 Å². The lowest BCUT2D eigenvalue weighted by atomic mass is 10.2. The Balaban J connectivity index is 2.32. The Morgan fingerprint density at radius 2 is 1.95 bits per heavy atom. The summed E-state index contributed by atoms with van der Waals surface area (Å²) >= 11 is 0. The number of hydrogen-bond donors (Lipinski definition) is 1. The molecule has 2 aromatic rings. The molecule has 0 fully saturated rings. The van der Waals surface area contributed by atoms with E-state index in [0.29, 0.717) is 6.29 Å². The van der Waals surface area contributed by atoms with E-state index in [0.717, 1.165) is 5.69 Å². The molecule has 0 bridgehead atoms. The van der Waals surface area contributed by atoms with Crippen LogP contribution < -0.4 is 5.32 Å². The van der Waals surface area contributed by atoms with E-state index in [1.165, 1.54) is 10.9 Å². The highest BCUT2D eigenvalue weighted by Crippen LogP contribution is 2.20. The van der Waals surface area contributed by atoms with Crippen molar-refractivity contribution in [2.24, 2.45) is 0 Å². The van der Waals surface area contributed by atoms with Gasteiger partial charge in [-0.2, -0.15) is 5.10 Å². The Bertz CT molecular complexity index is 642. The zero-order chi connectivity index (χ0) is 15.5. The van der Waals surface area contributed by atoms with Crippen LogP contribution in [0.1, 0.15) is 31.1 Å². The molecule has 0 radical (unpaired) electrons. The summed E-state index contributed by atoms with van der Waals surface area (Å²) in [7, 11) is 0. The molecule has 1 amide bonds. The second-order valence-corrected chi connectivity index (χ2v) is 5.44. The number of nitrogens with one attached hydrogen (secondary N) is 1. The van der Waals surface area contributed by atoms with Gasteiger partial charge in [-0.25, -0.2) is 9.48 Å². The number of anilines is 1. The van der Waals surface area contributed by atoms with Crippen LogP contribution in [0.3, 0.4) is 0 Å². The standard InChI is InChI=1S/C15H17N3O3/c1-15(2,3)21-14(20)17-13-11(10-19)9-16-18(13)12-7-5-4-6-8-12/h4-10H,1-3H3,(H,17,20). The molecular formula is C15H17N3O3. The first-order valence-corrected chi connectivity index (χ1v) is 6.49. The first kappa shape index (κ1) is 14.8. The third-order valence-electron chi connectivity index (χ3n) is 2.54. The van der Waals surface area contributed by atoms with E-state index in [-0.39, 0.29) is 11.4 Å². The summed E-state index contributed by atoms with van der Waals surface area (Å²) in [5.41, 5.74) is 0.393. The first-order valence-electron chi connectivity index (χ1n) is 6.49. The summed E-state index contributed by atoms with van der Waals surface area (Å²) in [5, 5.41) is 6.70. The van der Waals surface area contributed by atoms with Gasteiger partial charge in [0.2, 0.25) is 0 Å². The fourth-order valence-corrected chi connectivity index (χ4v) is 1.74. The lowest BCUT2D eigenvalue weighted by Crippen LogP contribution is -2.28. The topological polar surface area (TPSA) is 73.2 Å². The molecule has 0 atom stereocenters. The molecule has 0 spiro atoms. The fourth-order valence-electron chi connectivity index (χ4n) is 1.74. The normalized spacial score (nSPS) is 11.0. The first-order chi connectivity index (χ1) is 9.90. The van der Waals surface area contributed by atoms with E-state index in [9.17, 15) is 9.59 Å². The maximum Gasteiger partial charge on any atom is 0.413 e. The maximum absolute atomic E-state index is 11.9. The highest BCUT2D eigenvalue weighted by Gasteiger charge is 2.20. The van der Waals surface area contributed by atoms with Crippen molar-refractivity contribution in [1.82, 2.24) is 9.78 Å². The molecule has 0 aliphatic heterocycles. The van der Waals surface area contributed by atoms with Crippen molar-refractivity contribution in [1.29, 1.82) is 0 Å². The van der Waals surface area contributed by atoms with Crippen molar-refractivity contribution in [3.05, 3.63) is 42.1 Å². The zero-order valence-corrected chi connectivity index (χ0v) is 12.2. The summed E-state index contributed by atoms with van der Waals surface area (Å²) in [6.07, 6.45) is 1.40. The quantitative estimate of drug-likeness (QED) is 0.881. The van der Waals surface area contributed by atoms with Gasteiger partial charge in [0.15, 0.2) is 6.29 Å². The second kappa shape index (κ2) is 5.78. The predicted molar refractivity (Wildman–Crippen MR) is 78.8 cm³/mol. The largest absolute Gasteiger partial charge is 0.444 e. The lowest BCUT2D eigenvalue weighted by molar-refractivity contribution is 0.0635. The van der Waals surface area contributed by atoms with Gasteiger partial charge in [-0.05, 0) is 32.9 Å². The van der Waals surface area contributed by atoms with Crippen LogP contribution in [0.25, 0.3) is 5.69 Å². The molecule has 0 unspecified atom stereocenters. The molecular weight excluding hydrogens is 270 g/mol. The van der Waals surface area contributed by atoms with Crippen LogP contribution in [0.2, 0.25) is 0 Å². The molecule has 1 aromatic heterocycles. The van der Waals surface area contributed by atoms with E-state index in [1.54, 1.807) is 20.8 Å². The van der Waals surface area contributed by atoms with Crippen LogP contribution in [-0.4, -0.2) is 27.8 Å². The number of para-hydroxylation sites is 1. The van der Waals surface area contributed by atoms with Crippen molar-refractivity contribution < 1.29 is 14.3 Å². The van der Waals surface area contributed by atoms with Crippen molar-refractivity contribution in [3.63, 3.8) is 0 Å². The molecule has 1 heterocycles. The fraction of sp³-hybridized carbons (Fsp3) is 0.267. The molecule has 21 heavy (non-hydrogen) atoms. The van der Waals surface area contributed by atoms with Crippen LogP contribution >= 0.6 is 0 Å². The van der Waals surface area contributed by atoms with Gasteiger partial charge < -0.3 is 4.74 Å². The van der Waals surface area contributed by atoms with Gasteiger partial charge >= 0.3 is 6.09 Å². The van der Waals surface area contributed by atoms with Gasteiger partial charge in [-0.1, -0.05) is 18.2 Å². The Kier molecular flexibility index (Phi) is 4.07. The smallest absolute Gasteiger partial charge is 0.413 e. The molecule has 0 saturated carbocycles. The highest BCUT2D eigenvalue weighted by atomic mass is 16.6. The van der Waals surface area contributed by atoms with Crippen LogP contribution in [0, 0.1) is 0 Å². The number of rotatable bonds is 3. The third kappa shape index (κ3) is 3.68. The van der Waals surface area contributed by atoms with Crippen molar-refractivity contribution >= 4 is 18.2 Å². The maximum atomic E-state index is 11.9. The molecule has 6 heteroatoms. The van der Waals surface area contributed by atoms with Crippen molar-refractivity contribution in [3.8, 4) is 5.69 Å². The minimum Gasteiger partial charge on any atom is -0.444 e. The Morgan fingerprint density at radius 3 is 2.52 bits per heavy atom. The van der Waals surface area contributed by atoms with E-state index < -0.39 is 11.7 Å². The molecule has 2 rings (SSSR count). The van der Waals surface area contributed by atoms with Gasteiger partial charge in [0, 0.05) is 0 Å². The number of amides is 1. The zero-order valence-electron chi connectivity index (χ0n) is 12.2. The average molecular weight is 287 g/mol. The number of carbonyl (C=O) groups is 2. The molecule has 0 aliphatic carbocycles. The van der Waals surface area contributed by atoms with Gasteiger partial charge in [0.25, 0.3) is 0 Å². The molecule has 1 N–H and O–H groups in total. The lowest BCUT2D eigenvalue weighted by Gasteiger charge is -2.20. The van der Waals surface area contributed by atoms with Gasteiger partial charge in [0.05, 0.1) is 17.4 Å². The van der Waals surface area contributed by atoms with Gasteiger partial charge in [-0.15, -0.1) is 0 Å². The van der Waals surface area contributed by atoms with E-state index in [2.05, 4.69) is 10.4 Å². The van der Waals surface area contributed by atoms with Crippen LogP contribution in [-0.2, 0) is 4.74 Å². The number of aldehydes is 1. The number of aromatic nitrogens is 2. The van der Waals surface area contributed by atoms with Gasteiger partial charge in [-0.3, -0.25) is 10.1 Å². The summed E-state index contributed by atoms with van der Waals surface area (Å²) in [4.78, 5) is 23.0. The highest BCUT2D eigenvalue weighted by molar-refractivity contribution is 5.92. The third-order valence-corrected chi connectivity index (χ3v) is 2.54. The van der Waals surface area contributed by atoms with E-state index >= 15 is 0 Å². The number of ether oxygens (including phenoxy) is 1. The van der Waals surface area contributed by atoms with Crippen molar-refractivity contribution in [2.75, 3.05) is 5.32 Å². The van der Waals surface area contributed by atoms with Crippen molar-refractivity contribution in [2.45, 2.75) is 26.4 Å². The Labute approximate surface area is 122 Å². The number of nitrogens with zero attached hydrogens (tertiary/aromatic N) is 2. The SMILES string of the molecule is CC(C)(C)OC(=O)Nc1c(C=O)cnn1-c1ccccc1. The summed E-state index contributed by atoms with van der Waals surface area (Å²) in [6.45, 7) is 5.30. The molecule has 1 aromatic carbocycles. The summed E-state index contributed by atoms with van der Waals surface area (Å²) in [5.74, 6) is 0.283. The van der Waals surface area contributed by atoms with Crippen LogP contribution in [0.5, 0.6) is 0 Å². The van der Waals surface area contributed by atoms with E-state index in [1.807, 2.05) is 30.3 Å². The van der Waals surface area contributed by atoms with Crippen LogP contribution in [0.15, 0.2) is 36.5 Å². The number of benzene rings is 1. The molecule has 110 valence electrons. The predicted octanol–water partition coefficient (Wildman–Crippen LogP) is 3.03. The van der Waals surface area contributed by atoms with E-state index in [4.69, 9.17) is 4.74 Å². The molecule has 0 aliphatic rings. The molecule has 0 saturated heterocycles. The number of hydrogen-bond acceptors (Lipinski definition) is 4. The van der Waals surface area contributed by atoms with Gasteiger partial charge in [0.1, 0.15) is 11.4 Å². The molecule has 6 nitrogen and oxygen atoms in total. The Morgan fingerprint density at radius 1 is 1.29 bits per heavy atom. The summed E-state index contributed by atoms with van der Waals surface area (Å²) < 4.78 is 6.67. The monoisotopic (exact) mass is 287 g/mol. The average Bonchev–Trinajstić information content (AvgIpc) is 2.80. The second-order valence-electron chi connectivity index (χ2n) is 5.44.